The van der Waals surface area contributed by atoms with Crippen LogP contribution in [0.3, 0.4) is 0 Å². The van der Waals surface area contributed by atoms with E-state index in [0.717, 1.165) is 13.1 Å². The fraction of sp³-hybridized carbons (Fsp3) is 0.818. The standard InChI is InChI=1S/C9H18FN2.C2HF3O2/c1-7(2)11-5-6-12(8(3)4)9(11)10;3-2(4,5)1(6)7/h7-8H,5-6H2,1-4H3;(H,6,7)/q+1;/p-1. The molecule has 1 heterocycles. The number of carbonyl (C=O) groups is 1. The van der Waals surface area contributed by atoms with E-state index in [1.807, 2.05) is 27.7 Å². The molecule has 0 amide bonds. The first-order chi connectivity index (χ1) is 8.48. The number of halogens is 4. The van der Waals surface area contributed by atoms with Gasteiger partial charge in [0.05, 0.1) is 12.1 Å². The lowest BCUT2D eigenvalue weighted by Crippen LogP contribution is -2.37. The van der Waals surface area contributed by atoms with Gasteiger partial charge in [0.25, 0.3) is 0 Å². The maximum Gasteiger partial charge on any atom is 0.436 e. The number of amidine groups is 1. The van der Waals surface area contributed by atoms with Gasteiger partial charge in [0.1, 0.15) is 19.1 Å². The van der Waals surface area contributed by atoms with E-state index in [1.54, 1.807) is 9.48 Å². The Morgan fingerprint density at radius 2 is 1.74 bits per heavy atom. The lowest BCUT2D eigenvalue weighted by molar-refractivity contribution is -0.554. The monoisotopic (exact) mass is 286 g/mol. The molecule has 0 aromatic heterocycles. The minimum absolute atomic E-state index is 0.0556. The molecule has 0 fully saturated rings. The third-order valence-corrected chi connectivity index (χ3v) is 2.53. The summed E-state index contributed by atoms with van der Waals surface area (Å²) in [6.45, 7) is 9.71. The summed E-state index contributed by atoms with van der Waals surface area (Å²) in [5, 5.41) is 8.78. The highest BCUT2D eigenvalue weighted by Gasteiger charge is 2.33. The number of carbonyl (C=O) groups excluding carboxylic acids is 1. The van der Waals surface area contributed by atoms with Gasteiger partial charge in [-0.25, -0.2) is 9.48 Å². The van der Waals surface area contributed by atoms with E-state index in [1.165, 1.54) is 0 Å². The molecule has 4 nitrogen and oxygen atoms in total. The Kier molecular flexibility index (Phi) is 6.24. The molecule has 1 aliphatic rings. The first kappa shape index (κ1) is 17.7. The molecule has 1 aliphatic heterocycles. The summed E-state index contributed by atoms with van der Waals surface area (Å²) in [5.74, 6) is -3.01. The second-order valence-electron chi connectivity index (χ2n) is 4.63. The van der Waals surface area contributed by atoms with E-state index in [0.29, 0.717) is 0 Å². The molecular weight excluding hydrogens is 268 g/mol. The van der Waals surface area contributed by atoms with E-state index in [2.05, 4.69) is 0 Å². The molecule has 0 saturated heterocycles. The predicted molar refractivity (Wildman–Crippen MR) is 59.3 cm³/mol. The molecule has 0 aromatic carbocycles. The molecule has 0 N–H and O–H groups in total. The van der Waals surface area contributed by atoms with Gasteiger partial charge < -0.3 is 9.90 Å². The quantitative estimate of drug-likeness (QED) is 0.428. The molecule has 0 atom stereocenters. The highest BCUT2D eigenvalue weighted by Crippen LogP contribution is 2.11. The third-order valence-electron chi connectivity index (χ3n) is 2.53. The molecule has 0 saturated carbocycles. The molecule has 0 radical (unpaired) electrons. The van der Waals surface area contributed by atoms with Crippen LogP contribution >= 0.6 is 0 Å². The summed E-state index contributed by atoms with van der Waals surface area (Å²) < 4.78 is 46.9. The Balaban J connectivity index is 0.000000399. The van der Waals surface area contributed by atoms with Gasteiger partial charge in [0.15, 0.2) is 0 Å². The van der Waals surface area contributed by atoms with E-state index in [4.69, 9.17) is 9.90 Å². The number of nitrogens with zero attached hydrogens (tertiary/aromatic N) is 2. The van der Waals surface area contributed by atoms with E-state index in [9.17, 15) is 17.6 Å². The largest absolute Gasteiger partial charge is 0.542 e. The van der Waals surface area contributed by atoms with Crippen molar-refractivity contribution in [3.8, 4) is 0 Å². The highest BCUT2D eigenvalue weighted by molar-refractivity contribution is 5.70. The van der Waals surface area contributed by atoms with Gasteiger partial charge in [-0.1, -0.05) is 0 Å². The highest BCUT2D eigenvalue weighted by atomic mass is 19.4. The number of carboxylic acids is 1. The van der Waals surface area contributed by atoms with Crippen LogP contribution in [-0.2, 0) is 4.79 Å². The van der Waals surface area contributed by atoms with Gasteiger partial charge in [-0.05, 0) is 27.7 Å². The summed E-state index contributed by atoms with van der Waals surface area (Å²) in [7, 11) is 0. The summed E-state index contributed by atoms with van der Waals surface area (Å²) in [5.41, 5.74) is 0. The SMILES string of the molecule is CC(C)N1CC[N+](C(C)C)=C1F.O=C([O-])C(F)(F)F. The van der Waals surface area contributed by atoms with E-state index in [-0.39, 0.29) is 18.2 Å². The van der Waals surface area contributed by atoms with Crippen LogP contribution in [0.25, 0.3) is 0 Å². The van der Waals surface area contributed by atoms with Crippen LogP contribution in [0.1, 0.15) is 27.7 Å². The normalized spacial score (nSPS) is 16.0. The lowest BCUT2D eigenvalue weighted by atomic mass is 10.3. The second kappa shape index (κ2) is 6.72. The van der Waals surface area contributed by atoms with Gasteiger partial charge >= 0.3 is 12.3 Å². The Labute approximate surface area is 109 Å². The Hall–Kier alpha value is -1.34. The molecule has 19 heavy (non-hydrogen) atoms. The van der Waals surface area contributed by atoms with Gasteiger partial charge in [0, 0.05) is 0 Å². The predicted octanol–water partition coefficient (Wildman–Crippen LogP) is 0.755. The number of carboxylic acid groups (broad SMARTS) is 1. The summed E-state index contributed by atoms with van der Waals surface area (Å²) >= 11 is 0. The van der Waals surface area contributed by atoms with Gasteiger partial charge in [-0.3, -0.25) is 0 Å². The molecule has 0 unspecified atom stereocenters. The molecule has 0 bridgehead atoms. The van der Waals surface area contributed by atoms with Crippen LogP contribution < -0.4 is 5.11 Å². The first-order valence-electron chi connectivity index (χ1n) is 5.82. The first-order valence-corrected chi connectivity index (χ1v) is 5.82. The topological polar surface area (TPSA) is 46.4 Å². The van der Waals surface area contributed by atoms with Crippen molar-refractivity contribution in [2.45, 2.75) is 46.0 Å². The number of hydrogen-bond donors (Lipinski definition) is 0. The van der Waals surface area contributed by atoms with Crippen molar-refractivity contribution in [2.24, 2.45) is 0 Å². The van der Waals surface area contributed by atoms with Crippen LogP contribution in [0.2, 0.25) is 0 Å². The average Bonchev–Trinajstić information content (AvgIpc) is 2.59. The third kappa shape index (κ3) is 5.44. The molecule has 0 aliphatic carbocycles. The summed E-state index contributed by atoms with van der Waals surface area (Å²) in [4.78, 5) is 10.6. The van der Waals surface area contributed by atoms with Crippen molar-refractivity contribution in [3.63, 3.8) is 0 Å². The van der Waals surface area contributed by atoms with Crippen molar-refractivity contribution in [1.82, 2.24) is 4.90 Å². The zero-order chi connectivity index (χ0) is 15.4. The van der Waals surface area contributed by atoms with Crippen LogP contribution in [0.15, 0.2) is 0 Å². The van der Waals surface area contributed by atoms with Crippen molar-refractivity contribution >= 4 is 12.1 Å². The smallest absolute Gasteiger partial charge is 0.436 e. The maximum absolute atomic E-state index is 13.5. The van der Waals surface area contributed by atoms with Gasteiger partial charge in [-0.2, -0.15) is 13.2 Å². The van der Waals surface area contributed by atoms with Crippen LogP contribution in [0, 0.1) is 0 Å². The van der Waals surface area contributed by atoms with Crippen LogP contribution in [-0.4, -0.2) is 52.9 Å². The minimum Gasteiger partial charge on any atom is -0.542 e. The van der Waals surface area contributed by atoms with Crippen LogP contribution in [0.5, 0.6) is 0 Å². The fourth-order valence-electron chi connectivity index (χ4n) is 1.51. The molecule has 112 valence electrons. The summed E-state index contributed by atoms with van der Waals surface area (Å²) in [6.07, 6.45) is -5.25. The average molecular weight is 286 g/mol. The molecule has 0 spiro atoms. The Morgan fingerprint density at radius 3 is 1.89 bits per heavy atom. The maximum atomic E-state index is 13.5. The van der Waals surface area contributed by atoms with Gasteiger partial charge in [0.2, 0.25) is 0 Å². The fourth-order valence-corrected chi connectivity index (χ4v) is 1.51. The van der Waals surface area contributed by atoms with Crippen molar-refractivity contribution in [2.75, 3.05) is 13.1 Å². The molecule has 1 rings (SSSR count). The Bertz CT molecular complexity index is 351. The number of rotatable bonds is 2. The Morgan fingerprint density at radius 1 is 1.32 bits per heavy atom. The lowest BCUT2D eigenvalue weighted by Gasteiger charge is -2.11. The molecule has 0 aromatic rings. The van der Waals surface area contributed by atoms with Crippen molar-refractivity contribution < 1.29 is 32.0 Å². The number of alkyl halides is 3. The number of aliphatic carboxylic acids is 1. The zero-order valence-corrected chi connectivity index (χ0v) is 11.3. The molecular formula is C11H18F4N2O2. The zero-order valence-electron chi connectivity index (χ0n) is 11.3. The minimum atomic E-state index is -5.19. The van der Waals surface area contributed by atoms with E-state index < -0.39 is 12.1 Å². The van der Waals surface area contributed by atoms with Gasteiger partial charge in [-0.15, -0.1) is 4.39 Å². The number of hydrogen-bond acceptors (Lipinski definition) is 3. The molecule has 8 heteroatoms. The van der Waals surface area contributed by atoms with Crippen LogP contribution in [0.4, 0.5) is 17.6 Å². The van der Waals surface area contributed by atoms with Crippen molar-refractivity contribution in [1.29, 1.82) is 0 Å². The second-order valence-corrected chi connectivity index (χ2v) is 4.63. The van der Waals surface area contributed by atoms with E-state index >= 15 is 0 Å². The van der Waals surface area contributed by atoms with Crippen molar-refractivity contribution in [3.05, 3.63) is 0 Å². The summed E-state index contributed by atoms with van der Waals surface area (Å²) in [6, 6.07) is 0.544.